The number of hydrogen-bond acceptors (Lipinski definition) is 5. The molecular weight excluding hydrogens is 248 g/mol. The maximum absolute atomic E-state index is 10.8. The Morgan fingerprint density at radius 1 is 1.47 bits per heavy atom. The van der Waals surface area contributed by atoms with Crippen molar-refractivity contribution in [2.45, 2.75) is 26.6 Å². The topological polar surface area (TPSA) is 73.6 Å². The maximum Gasteiger partial charge on any atom is 0.292 e. The van der Waals surface area contributed by atoms with E-state index in [-0.39, 0.29) is 11.8 Å². The third-order valence-electron chi connectivity index (χ3n) is 2.62. The third-order valence-corrected chi connectivity index (χ3v) is 2.62. The lowest BCUT2D eigenvalue weighted by molar-refractivity contribution is -0.384. The van der Waals surface area contributed by atoms with Crippen LogP contribution in [-0.4, -0.2) is 31.3 Å². The van der Waals surface area contributed by atoms with Gasteiger partial charge in [0.05, 0.1) is 24.2 Å². The highest BCUT2D eigenvalue weighted by Gasteiger charge is 2.13. The van der Waals surface area contributed by atoms with Crippen molar-refractivity contribution in [1.29, 1.82) is 0 Å². The predicted molar refractivity (Wildman–Crippen MR) is 73.4 cm³/mol. The minimum Gasteiger partial charge on any atom is -0.383 e. The van der Waals surface area contributed by atoms with Crippen molar-refractivity contribution in [1.82, 2.24) is 0 Å². The Labute approximate surface area is 112 Å². The molecule has 6 heteroatoms. The summed E-state index contributed by atoms with van der Waals surface area (Å²) in [6, 6.07) is 4.91. The fourth-order valence-corrected chi connectivity index (χ4v) is 1.60. The third kappa shape index (κ3) is 4.84. The van der Waals surface area contributed by atoms with Crippen LogP contribution in [-0.2, 0) is 16.1 Å². The number of nitrogens with zero attached hydrogens (tertiary/aromatic N) is 1. The molecule has 0 bridgehead atoms. The monoisotopic (exact) mass is 268 g/mol. The molecule has 0 aliphatic carbocycles. The van der Waals surface area contributed by atoms with Crippen molar-refractivity contribution in [2.75, 3.05) is 25.6 Å². The molecule has 0 amide bonds. The number of rotatable bonds is 8. The molecule has 0 saturated heterocycles. The van der Waals surface area contributed by atoms with Gasteiger partial charge < -0.3 is 14.8 Å². The van der Waals surface area contributed by atoms with Crippen molar-refractivity contribution in [3.63, 3.8) is 0 Å². The number of benzene rings is 1. The van der Waals surface area contributed by atoms with Gasteiger partial charge in [-0.15, -0.1) is 0 Å². The zero-order valence-electron chi connectivity index (χ0n) is 11.5. The van der Waals surface area contributed by atoms with Crippen molar-refractivity contribution in [2.24, 2.45) is 0 Å². The van der Waals surface area contributed by atoms with Crippen molar-refractivity contribution < 1.29 is 14.4 Å². The van der Waals surface area contributed by atoms with Crippen molar-refractivity contribution in [3.05, 3.63) is 33.9 Å². The standard InChI is InChI=1S/C13H20N2O4/c1-4-18-8-10(2)19-9-11-5-6-13(15(16)17)12(7-11)14-3/h5-7,10,14H,4,8-9H2,1-3H3. The van der Waals surface area contributed by atoms with Crippen LogP contribution in [0.3, 0.4) is 0 Å². The van der Waals surface area contributed by atoms with E-state index >= 15 is 0 Å². The normalized spacial score (nSPS) is 12.2. The Morgan fingerprint density at radius 2 is 2.21 bits per heavy atom. The first-order chi connectivity index (χ1) is 9.08. The second-order valence-corrected chi connectivity index (χ2v) is 4.14. The van der Waals surface area contributed by atoms with Gasteiger partial charge in [-0.3, -0.25) is 10.1 Å². The summed E-state index contributed by atoms with van der Waals surface area (Å²) < 4.78 is 10.9. The van der Waals surface area contributed by atoms with Crippen LogP contribution < -0.4 is 5.32 Å². The van der Waals surface area contributed by atoms with E-state index in [4.69, 9.17) is 9.47 Å². The van der Waals surface area contributed by atoms with E-state index < -0.39 is 4.92 Å². The van der Waals surface area contributed by atoms with Crippen molar-refractivity contribution >= 4 is 11.4 Å². The van der Waals surface area contributed by atoms with Gasteiger partial charge in [0, 0.05) is 19.7 Å². The SMILES string of the molecule is CCOCC(C)OCc1ccc([N+](=O)[O-])c(NC)c1. The summed E-state index contributed by atoms with van der Waals surface area (Å²) in [5, 5.41) is 13.6. The number of hydrogen-bond donors (Lipinski definition) is 1. The van der Waals surface area contributed by atoms with E-state index in [2.05, 4.69) is 5.32 Å². The van der Waals surface area contributed by atoms with Crippen molar-refractivity contribution in [3.8, 4) is 0 Å². The van der Waals surface area contributed by atoms with Gasteiger partial charge in [0.25, 0.3) is 5.69 Å². The summed E-state index contributed by atoms with van der Waals surface area (Å²) in [5.74, 6) is 0. The second kappa shape index (κ2) is 7.70. The Balaban J connectivity index is 2.62. The number of nitrogens with one attached hydrogen (secondary N) is 1. The zero-order valence-corrected chi connectivity index (χ0v) is 11.5. The number of nitro benzene ring substituents is 1. The lowest BCUT2D eigenvalue weighted by Crippen LogP contribution is -2.15. The first-order valence-corrected chi connectivity index (χ1v) is 6.22. The molecule has 106 valence electrons. The van der Waals surface area contributed by atoms with Crippen LogP contribution in [0.2, 0.25) is 0 Å². The van der Waals surface area contributed by atoms with Gasteiger partial charge in [-0.1, -0.05) is 0 Å². The molecule has 1 unspecified atom stereocenters. The van der Waals surface area contributed by atoms with E-state index in [1.165, 1.54) is 6.07 Å². The highest BCUT2D eigenvalue weighted by Crippen LogP contribution is 2.25. The molecule has 19 heavy (non-hydrogen) atoms. The van der Waals surface area contributed by atoms with E-state index in [0.29, 0.717) is 25.5 Å². The van der Waals surface area contributed by atoms with Gasteiger partial charge in [0.2, 0.25) is 0 Å². The molecule has 1 aromatic rings. The van der Waals surface area contributed by atoms with Gasteiger partial charge in [-0.25, -0.2) is 0 Å². The van der Waals surface area contributed by atoms with Gasteiger partial charge in [0.1, 0.15) is 5.69 Å². The number of anilines is 1. The van der Waals surface area contributed by atoms with Gasteiger partial charge >= 0.3 is 0 Å². The first kappa shape index (κ1) is 15.4. The van der Waals surface area contributed by atoms with E-state index in [1.54, 1.807) is 19.2 Å². The maximum atomic E-state index is 10.8. The molecular formula is C13H20N2O4. The Morgan fingerprint density at radius 3 is 2.79 bits per heavy atom. The highest BCUT2D eigenvalue weighted by atomic mass is 16.6. The zero-order chi connectivity index (χ0) is 14.3. The largest absolute Gasteiger partial charge is 0.383 e. The van der Waals surface area contributed by atoms with Gasteiger partial charge in [-0.2, -0.15) is 0 Å². The average Bonchev–Trinajstić information content (AvgIpc) is 2.42. The molecule has 0 aliphatic rings. The Kier molecular flexibility index (Phi) is 6.24. The smallest absolute Gasteiger partial charge is 0.292 e. The highest BCUT2D eigenvalue weighted by molar-refractivity contribution is 5.62. The quantitative estimate of drug-likeness (QED) is 0.579. The molecule has 0 heterocycles. The Hall–Kier alpha value is -1.66. The summed E-state index contributed by atoms with van der Waals surface area (Å²) in [5.41, 5.74) is 1.44. The van der Waals surface area contributed by atoms with Crippen LogP contribution >= 0.6 is 0 Å². The molecule has 1 N–H and O–H groups in total. The summed E-state index contributed by atoms with van der Waals surface area (Å²) in [4.78, 5) is 10.4. The van der Waals surface area contributed by atoms with Crippen LogP contribution in [0.4, 0.5) is 11.4 Å². The number of nitro groups is 1. The molecule has 1 aromatic carbocycles. The lowest BCUT2D eigenvalue weighted by Gasteiger charge is -2.13. The molecule has 0 saturated carbocycles. The Bertz CT molecular complexity index is 423. The van der Waals surface area contributed by atoms with Crippen LogP contribution in [0.25, 0.3) is 0 Å². The molecule has 0 fully saturated rings. The minimum atomic E-state index is -0.409. The molecule has 6 nitrogen and oxygen atoms in total. The second-order valence-electron chi connectivity index (χ2n) is 4.14. The molecule has 1 atom stereocenters. The fourth-order valence-electron chi connectivity index (χ4n) is 1.60. The molecule has 0 radical (unpaired) electrons. The molecule has 1 rings (SSSR count). The molecule has 0 aromatic heterocycles. The van der Waals surface area contributed by atoms with E-state index in [9.17, 15) is 10.1 Å². The molecule has 0 spiro atoms. The summed E-state index contributed by atoms with van der Waals surface area (Å²) >= 11 is 0. The van der Waals surface area contributed by atoms with E-state index in [0.717, 1.165) is 5.56 Å². The van der Waals surface area contributed by atoms with Crippen LogP contribution in [0.1, 0.15) is 19.4 Å². The molecule has 0 aliphatic heterocycles. The lowest BCUT2D eigenvalue weighted by atomic mass is 10.2. The van der Waals surface area contributed by atoms with Crippen LogP contribution in [0.15, 0.2) is 18.2 Å². The number of ether oxygens (including phenoxy) is 2. The fraction of sp³-hybridized carbons (Fsp3) is 0.538. The van der Waals surface area contributed by atoms with Crippen LogP contribution in [0.5, 0.6) is 0 Å². The average molecular weight is 268 g/mol. The first-order valence-electron chi connectivity index (χ1n) is 6.22. The van der Waals surface area contributed by atoms with Gasteiger partial charge in [0.15, 0.2) is 0 Å². The minimum absolute atomic E-state index is 0.00632. The predicted octanol–water partition coefficient (Wildman–Crippen LogP) is 2.58. The summed E-state index contributed by atoms with van der Waals surface area (Å²) in [6.45, 7) is 5.47. The summed E-state index contributed by atoms with van der Waals surface area (Å²) in [6.07, 6.45) is -0.00632. The van der Waals surface area contributed by atoms with Crippen LogP contribution in [0, 0.1) is 10.1 Å². The van der Waals surface area contributed by atoms with Gasteiger partial charge in [-0.05, 0) is 31.5 Å². The summed E-state index contributed by atoms with van der Waals surface area (Å²) in [7, 11) is 1.66. The van der Waals surface area contributed by atoms with E-state index in [1.807, 2.05) is 13.8 Å².